The van der Waals surface area contributed by atoms with Crippen LogP contribution in [0.15, 0.2) is 23.4 Å². The molecular formula is C17H22N6O2S. The van der Waals surface area contributed by atoms with Gasteiger partial charge in [0.15, 0.2) is 0 Å². The number of tetrazole rings is 1. The first-order valence-corrected chi connectivity index (χ1v) is 9.50. The zero-order valence-electron chi connectivity index (χ0n) is 14.9. The number of likely N-dealkylation sites (tertiary alicyclic amines) is 1. The summed E-state index contributed by atoms with van der Waals surface area (Å²) in [6, 6.07) is 6.06. The number of hydrogen-bond acceptors (Lipinski definition) is 6. The van der Waals surface area contributed by atoms with E-state index in [9.17, 15) is 9.59 Å². The first-order valence-electron chi connectivity index (χ1n) is 8.51. The van der Waals surface area contributed by atoms with Crippen molar-refractivity contribution in [3.63, 3.8) is 0 Å². The number of piperidine rings is 1. The molecule has 0 bridgehead atoms. The van der Waals surface area contributed by atoms with Gasteiger partial charge in [-0.15, -0.1) is 5.10 Å². The molecule has 0 aliphatic carbocycles. The summed E-state index contributed by atoms with van der Waals surface area (Å²) in [5.41, 5.74) is 8.44. The molecule has 1 aliphatic rings. The van der Waals surface area contributed by atoms with Crippen LogP contribution < -0.4 is 5.73 Å². The van der Waals surface area contributed by atoms with Gasteiger partial charge in [-0.05, 0) is 54.3 Å². The average molecular weight is 374 g/mol. The largest absolute Gasteiger partial charge is 0.369 e. The van der Waals surface area contributed by atoms with Gasteiger partial charge < -0.3 is 10.6 Å². The minimum Gasteiger partial charge on any atom is -0.369 e. The summed E-state index contributed by atoms with van der Waals surface area (Å²) in [5, 5.41) is 12.4. The second kappa shape index (κ2) is 7.86. The van der Waals surface area contributed by atoms with Crippen LogP contribution in [-0.4, -0.2) is 55.8 Å². The van der Waals surface area contributed by atoms with Gasteiger partial charge in [0.2, 0.25) is 17.0 Å². The minimum absolute atomic E-state index is 0.0311. The number of nitrogens with zero attached hydrogens (tertiary/aromatic N) is 5. The summed E-state index contributed by atoms with van der Waals surface area (Å²) in [6.45, 7) is 5.06. The van der Waals surface area contributed by atoms with Crippen LogP contribution in [0.5, 0.6) is 0 Å². The number of aromatic nitrogens is 4. The number of aryl methyl sites for hydroxylation is 2. The number of hydrogen-bond donors (Lipinski definition) is 1. The summed E-state index contributed by atoms with van der Waals surface area (Å²) >= 11 is 1.29. The molecule has 0 radical (unpaired) electrons. The SMILES string of the molecule is Cc1ccc(C)c(-n2nnnc2SCC(=O)N2CCC[C@H](C(N)=O)C2)c1. The van der Waals surface area contributed by atoms with Crippen molar-refractivity contribution in [2.45, 2.75) is 31.8 Å². The van der Waals surface area contributed by atoms with Crippen molar-refractivity contribution in [1.82, 2.24) is 25.1 Å². The Labute approximate surface area is 156 Å². The summed E-state index contributed by atoms with van der Waals surface area (Å²) < 4.78 is 1.66. The molecule has 2 N–H and O–H groups in total. The Morgan fingerprint density at radius 1 is 1.35 bits per heavy atom. The van der Waals surface area contributed by atoms with Crippen LogP contribution >= 0.6 is 11.8 Å². The lowest BCUT2D eigenvalue weighted by Crippen LogP contribution is -2.44. The van der Waals surface area contributed by atoms with E-state index in [2.05, 4.69) is 15.5 Å². The van der Waals surface area contributed by atoms with Crippen LogP contribution in [-0.2, 0) is 9.59 Å². The van der Waals surface area contributed by atoms with E-state index >= 15 is 0 Å². The molecular weight excluding hydrogens is 352 g/mol. The molecule has 1 fully saturated rings. The van der Waals surface area contributed by atoms with E-state index in [1.54, 1.807) is 9.58 Å². The topological polar surface area (TPSA) is 107 Å². The van der Waals surface area contributed by atoms with Crippen LogP contribution in [0.4, 0.5) is 0 Å². The Kier molecular flexibility index (Phi) is 5.55. The Hall–Kier alpha value is -2.42. The van der Waals surface area contributed by atoms with E-state index in [-0.39, 0.29) is 23.5 Å². The van der Waals surface area contributed by atoms with Crippen molar-refractivity contribution in [2.24, 2.45) is 11.7 Å². The second-order valence-corrected chi connectivity index (χ2v) is 7.48. The van der Waals surface area contributed by atoms with Crippen molar-refractivity contribution in [3.8, 4) is 5.69 Å². The number of carbonyl (C=O) groups excluding carboxylic acids is 2. The molecule has 0 unspecified atom stereocenters. The lowest BCUT2D eigenvalue weighted by Gasteiger charge is -2.31. The third-order valence-corrected chi connectivity index (χ3v) is 5.44. The van der Waals surface area contributed by atoms with E-state index in [1.807, 2.05) is 32.0 Å². The highest BCUT2D eigenvalue weighted by molar-refractivity contribution is 7.99. The quantitative estimate of drug-likeness (QED) is 0.785. The standard InChI is InChI=1S/C17H22N6O2S/c1-11-5-6-12(2)14(8-11)23-17(19-20-21-23)26-10-15(24)22-7-3-4-13(9-22)16(18)25/h5-6,8,13H,3-4,7,9-10H2,1-2H3,(H2,18,25)/t13-/m0/s1. The molecule has 2 heterocycles. The summed E-state index contributed by atoms with van der Waals surface area (Å²) in [7, 11) is 0. The second-order valence-electron chi connectivity index (χ2n) is 6.53. The minimum atomic E-state index is -0.339. The number of carbonyl (C=O) groups is 2. The highest BCUT2D eigenvalue weighted by Gasteiger charge is 2.27. The molecule has 138 valence electrons. The third-order valence-electron chi connectivity index (χ3n) is 4.53. The monoisotopic (exact) mass is 374 g/mol. The molecule has 8 nitrogen and oxygen atoms in total. The molecule has 1 saturated heterocycles. The molecule has 1 atom stereocenters. The van der Waals surface area contributed by atoms with Crippen LogP contribution in [0.1, 0.15) is 24.0 Å². The molecule has 0 saturated carbocycles. The van der Waals surface area contributed by atoms with E-state index < -0.39 is 0 Å². The maximum Gasteiger partial charge on any atom is 0.233 e. The number of rotatable bonds is 5. The number of primary amides is 1. The van der Waals surface area contributed by atoms with Crippen molar-refractivity contribution >= 4 is 23.6 Å². The molecule has 1 aliphatic heterocycles. The molecule has 2 amide bonds. The molecule has 26 heavy (non-hydrogen) atoms. The van der Waals surface area contributed by atoms with Crippen LogP contribution in [0, 0.1) is 19.8 Å². The molecule has 0 spiro atoms. The van der Waals surface area contributed by atoms with Crippen molar-refractivity contribution < 1.29 is 9.59 Å². The third kappa shape index (κ3) is 4.04. The average Bonchev–Trinajstić information content (AvgIpc) is 3.10. The summed E-state index contributed by atoms with van der Waals surface area (Å²) in [6.07, 6.45) is 1.54. The molecule has 3 rings (SSSR count). The maximum atomic E-state index is 12.5. The predicted octanol–water partition coefficient (Wildman–Crippen LogP) is 1.10. The van der Waals surface area contributed by atoms with E-state index in [0.29, 0.717) is 18.2 Å². The van der Waals surface area contributed by atoms with E-state index in [1.165, 1.54) is 11.8 Å². The molecule has 1 aromatic carbocycles. The van der Waals surface area contributed by atoms with Crippen LogP contribution in [0.25, 0.3) is 5.69 Å². The van der Waals surface area contributed by atoms with Gasteiger partial charge in [0.05, 0.1) is 17.4 Å². The van der Waals surface area contributed by atoms with Gasteiger partial charge in [-0.2, -0.15) is 4.68 Å². The highest BCUT2D eigenvalue weighted by atomic mass is 32.2. The lowest BCUT2D eigenvalue weighted by molar-refractivity contribution is -0.132. The number of nitrogens with two attached hydrogens (primary N) is 1. The smallest absolute Gasteiger partial charge is 0.233 e. The lowest BCUT2D eigenvalue weighted by atomic mass is 9.97. The summed E-state index contributed by atoms with van der Waals surface area (Å²) in [4.78, 5) is 25.6. The Morgan fingerprint density at radius 2 is 2.15 bits per heavy atom. The van der Waals surface area contributed by atoms with Gasteiger partial charge in [-0.1, -0.05) is 23.9 Å². The van der Waals surface area contributed by atoms with Crippen molar-refractivity contribution in [2.75, 3.05) is 18.8 Å². The summed E-state index contributed by atoms with van der Waals surface area (Å²) in [5.74, 6) is -0.403. The zero-order chi connectivity index (χ0) is 18.7. The predicted molar refractivity (Wildman–Crippen MR) is 97.9 cm³/mol. The Bertz CT molecular complexity index is 821. The van der Waals surface area contributed by atoms with Gasteiger partial charge in [-0.3, -0.25) is 9.59 Å². The number of amides is 2. The normalized spacial score (nSPS) is 17.3. The Balaban J connectivity index is 1.67. The van der Waals surface area contributed by atoms with Crippen LogP contribution in [0.2, 0.25) is 0 Å². The van der Waals surface area contributed by atoms with Gasteiger partial charge in [-0.25, -0.2) is 0 Å². The van der Waals surface area contributed by atoms with Crippen molar-refractivity contribution in [1.29, 1.82) is 0 Å². The fourth-order valence-electron chi connectivity index (χ4n) is 3.02. The fraction of sp³-hybridized carbons (Fsp3) is 0.471. The number of thioether (sulfide) groups is 1. The van der Waals surface area contributed by atoms with Crippen molar-refractivity contribution in [3.05, 3.63) is 29.3 Å². The molecule has 1 aromatic heterocycles. The molecule has 2 aromatic rings. The Morgan fingerprint density at radius 3 is 2.92 bits per heavy atom. The maximum absolute atomic E-state index is 12.5. The van der Waals surface area contributed by atoms with Crippen LogP contribution in [0.3, 0.4) is 0 Å². The van der Waals surface area contributed by atoms with Gasteiger partial charge >= 0.3 is 0 Å². The van der Waals surface area contributed by atoms with E-state index in [0.717, 1.165) is 29.7 Å². The first kappa shape index (κ1) is 18.4. The number of benzene rings is 1. The first-order chi connectivity index (χ1) is 12.5. The van der Waals surface area contributed by atoms with Gasteiger partial charge in [0.25, 0.3) is 0 Å². The van der Waals surface area contributed by atoms with E-state index in [4.69, 9.17) is 5.73 Å². The highest BCUT2D eigenvalue weighted by Crippen LogP contribution is 2.23. The fourth-order valence-corrected chi connectivity index (χ4v) is 3.81. The van der Waals surface area contributed by atoms with Gasteiger partial charge in [0.1, 0.15) is 0 Å². The molecule has 9 heteroatoms. The zero-order valence-corrected chi connectivity index (χ0v) is 15.7. The van der Waals surface area contributed by atoms with Gasteiger partial charge in [0, 0.05) is 13.1 Å².